The fourth-order valence-corrected chi connectivity index (χ4v) is 4.92. The molecule has 1 aliphatic rings. The van der Waals surface area contributed by atoms with E-state index in [9.17, 15) is 13.2 Å². The first-order chi connectivity index (χ1) is 14.4. The van der Waals surface area contributed by atoms with Gasteiger partial charge < -0.3 is 4.90 Å². The lowest BCUT2D eigenvalue weighted by Crippen LogP contribution is -2.27. The summed E-state index contributed by atoms with van der Waals surface area (Å²) in [6.07, 6.45) is 5.56. The van der Waals surface area contributed by atoms with Crippen LogP contribution in [0.2, 0.25) is 0 Å². The van der Waals surface area contributed by atoms with Crippen LogP contribution in [0.15, 0.2) is 65.8 Å². The van der Waals surface area contributed by atoms with Crippen LogP contribution in [0.5, 0.6) is 0 Å². The molecule has 1 saturated heterocycles. The lowest BCUT2D eigenvalue weighted by atomic mass is 10.1. The summed E-state index contributed by atoms with van der Waals surface area (Å²) in [7, 11) is -3.63. The third-order valence-corrected chi connectivity index (χ3v) is 6.87. The van der Waals surface area contributed by atoms with Gasteiger partial charge in [-0.15, -0.1) is 0 Å². The van der Waals surface area contributed by atoms with Crippen molar-refractivity contribution in [3.63, 3.8) is 0 Å². The Morgan fingerprint density at radius 2 is 1.87 bits per heavy atom. The summed E-state index contributed by atoms with van der Waals surface area (Å²) < 4.78 is 29.9. The molecule has 4 rings (SSSR count). The molecular formula is C22H24N4O3S. The lowest BCUT2D eigenvalue weighted by Gasteiger charge is -2.17. The van der Waals surface area contributed by atoms with E-state index in [-0.39, 0.29) is 10.8 Å². The van der Waals surface area contributed by atoms with Gasteiger partial charge in [-0.2, -0.15) is 5.10 Å². The largest absolute Gasteiger partial charge is 0.312 e. The van der Waals surface area contributed by atoms with Gasteiger partial charge in [-0.3, -0.25) is 4.79 Å². The molecule has 3 aromatic rings. The van der Waals surface area contributed by atoms with E-state index in [0.29, 0.717) is 31.5 Å². The van der Waals surface area contributed by atoms with Crippen molar-refractivity contribution in [3.05, 3.63) is 72.1 Å². The summed E-state index contributed by atoms with van der Waals surface area (Å²) in [6, 6.07) is 14.8. The van der Waals surface area contributed by atoms with Gasteiger partial charge in [0.2, 0.25) is 15.9 Å². The fourth-order valence-electron chi connectivity index (χ4n) is 3.67. The zero-order chi connectivity index (χ0) is 21.1. The van der Waals surface area contributed by atoms with Crippen LogP contribution >= 0.6 is 0 Å². The minimum Gasteiger partial charge on any atom is -0.312 e. The molecule has 8 heteroatoms. The second kappa shape index (κ2) is 8.41. The molecule has 0 atom stereocenters. The predicted octanol–water partition coefficient (Wildman–Crippen LogP) is 2.83. The number of sulfonamides is 1. The van der Waals surface area contributed by atoms with Crippen molar-refractivity contribution in [3.8, 4) is 5.69 Å². The summed E-state index contributed by atoms with van der Waals surface area (Å²) in [5, 5.41) is 4.19. The first kappa shape index (κ1) is 20.3. The molecule has 0 unspecified atom stereocenters. The normalized spacial score (nSPS) is 14.4. The minimum atomic E-state index is -3.63. The maximum atomic E-state index is 12.7. The van der Waals surface area contributed by atoms with Gasteiger partial charge in [-0.05, 0) is 67.3 Å². The number of hydrogen-bond acceptors (Lipinski definition) is 4. The van der Waals surface area contributed by atoms with Crippen molar-refractivity contribution in [1.29, 1.82) is 0 Å². The molecule has 2 heterocycles. The number of aromatic nitrogens is 2. The van der Waals surface area contributed by atoms with E-state index in [0.717, 1.165) is 23.4 Å². The first-order valence-corrected chi connectivity index (χ1v) is 11.4. The van der Waals surface area contributed by atoms with Gasteiger partial charge >= 0.3 is 0 Å². The minimum absolute atomic E-state index is 0.0849. The summed E-state index contributed by atoms with van der Waals surface area (Å²) in [6.45, 7) is 2.74. The maximum Gasteiger partial charge on any atom is 0.240 e. The van der Waals surface area contributed by atoms with Crippen molar-refractivity contribution in [1.82, 2.24) is 14.5 Å². The van der Waals surface area contributed by atoms with E-state index in [1.807, 2.05) is 36.5 Å². The van der Waals surface area contributed by atoms with Crippen LogP contribution in [-0.2, 0) is 21.2 Å². The van der Waals surface area contributed by atoms with Crippen LogP contribution in [0.25, 0.3) is 5.69 Å². The lowest BCUT2D eigenvalue weighted by molar-refractivity contribution is -0.117. The number of benzene rings is 2. The number of amides is 1. The molecule has 1 aromatic heterocycles. The smallest absolute Gasteiger partial charge is 0.240 e. The summed E-state index contributed by atoms with van der Waals surface area (Å²) in [5.41, 5.74) is 3.37. The average molecular weight is 425 g/mol. The Labute approximate surface area is 176 Å². The number of rotatable bonds is 7. The Bertz CT molecular complexity index is 1140. The number of anilines is 1. The second-order valence-electron chi connectivity index (χ2n) is 7.36. The topological polar surface area (TPSA) is 84.3 Å². The van der Waals surface area contributed by atoms with Crippen molar-refractivity contribution in [2.24, 2.45) is 0 Å². The molecule has 1 fully saturated rings. The van der Waals surface area contributed by atoms with Crippen LogP contribution < -0.4 is 9.62 Å². The Morgan fingerprint density at radius 1 is 1.10 bits per heavy atom. The molecule has 7 nitrogen and oxygen atoms in total. The number of carbonyl (C=O) groups is 1. The summed E-state index contributed by atoms with van der Waals surface area (Å²) in [4.78, 5) is 13.9. The Hall–Kier alpha value is -2.97. The number of aryl methyl sites for hydroxylation is 1. The highest BCUT2D eigenvalue weighted by Crippen LogP contribution is 2.26. The van der Waals surface area contributed by atoms with Crippen molar-refractivity contribution in [2.45, 2.75) is 31.1 Å². The highest BCUT2D eigenvalue weighted by atomic mass is 32.2. The molecule has 156 valence electrons. The van der Waals surface area contributed by atoms with E-state index in [1.165, 1.54) is 0 Å². The van der Waals surface area contributed by atoms with E-state index in [1.54, 1.807) is 40.9 Å². The highest BCUT2D eigenvalue weighted by Gasteiger charge is 2.23. The molecule has 1 aliphatic heterocycles. The van der Waals surface area contributed by atoms with Crippen molar-refractivity contribution < 1.29 is 13.2 Å². The van der Waals surface area contributed by atoms with Gasteiger partial charge in [0.25, 0.3) is 0 Å². The molecular weight excluding hydrogens is 400 g/mol. The van der Waals surface area contributed by atoms with E-state index < -0.39 is 10.0 Å². The fraction of sp³-hybridized carbons (Fsp3) is 0.273. The van der Waals surface area contributed by atoms with Gasteiger partial charge in [-0.25, -0.2) is 17.8 Å². The Kier molecular flexibility index (Phi) is 5.69. The SMILES string of the molecule is Cc1cc(N2CCCC2=O)ccc1S(=O)(=O)NCCc1ccc(-n2cccn2)cc1. The van der Waals surface area contributed by atoms with Gasteiger partial charge in [0.05, 0.1) is 10.6 Å². The predicted molar refractivity (Wildman–Crippen MR) is 115 cm³/mol. The van der Waals surface area contributed by atoms with Crippen molar-refractivity contribution >= 4 is 21.6 Å². The number of nitrogens with one attached hydrogen (secondary N) is 1. The summed E-state index contributed by atoms with van der Waals surface area (Å²) in [5.74, 6) is 0.0849. The molecule has 0 spiro atoms. The first-order valence-electron chi connectivity index (χ1n) is 9.94. The van der Waals surface area contributed by atoms with Crippen LogP contribution in [0, 0.1) is 6.92 Å². The van der Waals surface area contributed by atoms with Crippen LogP contribution in [0.3, 0.4) is 0 Å². The van der Waals surface area contributed by atoms with Crippen LogP contribution in [0.4, 0.5) is 5.69 Å². The molecule has 0 saturated carbocycles. The third-order valence-electron chi connectivity index (χ3n) is 5.24. The van der Waals surface area contributed by atoms with Crippen molar-refractivity contribution in [2.75, 3.05) is 18.0 Å². The number of nitrogens with zero attached hydrogens (tertiary/aromatic N) is 3. The molecule has 2 aromatic carbocycles. The zero-order valence-corrected chi connectivity index (χ0v) is 17.6. The van der Waals surface area contributed by atoms with Gasteiger partial charge in [0, 0.05) is 37.6 Å². The zero-order valence-electron chi connectivity index (χ0n) is 16.8. The standard InChI is InChI=1S/C22H24N4O3S/c1-17-16-20(25-14-2-4-22(25)27)9-10-21(17)30(28,29)24-13-11-18-5-7-19(8-6-18)26-15-3-12-23-26/h3,5-10,12,15-16,24H,2,4,11,13-14H2,1H3. The number of carbonyl (C=O) groups excluding carboxylic acids is 1. The second-order valence-corrected chi connectivity index (χ2v) is 9.10. The summed E-state index contributed by atoms with van der Waals surface area (Å²) >= 11 is 0. The molecule has 1 amide bonds. The van der Waals surface area contributed by atoms with Gasteiger partial charge in [0.1, 0.15) is 0 Å². The Balaban J connectivity index is 1.39. The maximum absolute atomic E-state index is 12.7. The quantitative estimate of drug-likeness (QED) is 0.632. The Morgan fingerprint density at radius 3 is 2.50 bits per heavy atom. The molecule has 1 N–H and O–H groups in total. The monoisotopic (exact) mass is 424 g/mol. The van der Waals surface area contributed by atoms with Crippen LogP contribution in [0.1, 0.15) is 24.0 Å². The van der Waals surface area contributed by atoms with Gasteiger partial charge in [0.15, 0.2) is 0 Å². The molecule has 0 bridgehead atoms. The third kappa shape index (κ3) is 4.29. The van der Waals surface area contributed by atoms with E-state index >= 15 is 0 Å². The molecule has 30 heavy (non-hydrogen) atoms. The number of hydrogen-bond donors (Lipinski definition) is 1. The average Bonchev–Trinajstić information content (AvgIpc) is 3.40. The van der Waals surface area contributed by atoms with Crippen LogP contribution in [-0.4, -0.2) is 37.2 Å². The van der Waals surface area contributed by atoms with Gasteiger partial charge in [-0.1, -0.05) is 12.1 Å². The molecule has 0 aliphatic carbocycles. The van der Waals surface area contributed by atoms with E-state index in [4.69, 9.17) is 0 Å². The highest BCUT2D eigenvalue weighted by molar-refractivity contribution is 7.89. The molecule has 0 radical (unpaired) electrons. The van der Waals surface area contributed by atoms with E-state index in [2.05, 4.69) is 9.82 Å².